The first-order valence-electron chi connectivity index (χ1n) is 8.46. The zero-order chi connectivity index (χ0) is 16.5. The summed E-state index contributed by atoms with van der Waals surface area (Å²) in [6.07, 6.45) is 2.47. The van der Waals surface area contributed by atoms with Crippen LogP contribution in [0.25, 0.3) is 0 Å². The van der Waals surface area contributed by atoms with Gasteiger partial charge in [-0.2, -0.15) is 0 Å². The van der Waals surface area contributed by atoms with E-state index < -0.39 is 0 Å². The molecule has 3 heteroatoms. The molecule has 0 bridgehead atoms. The summed E-state index contributed by atoms with van der Waals surface area (Å²) < 4.78 is 0. The molecule has 0 aromatic heterocycles. The Labute approximate surface area is 137 Å². The van der Waals surface area contributed by atoms with Gasteiger partial charge in [0.15, 0.2) is 0 Å². The lowest BCUT2D eigenvalue weighted by Gasteiger charge is -2.25. The highest BCUT2D eigenvalue weighted by atomic mass is 15.1. The molecule has 0 fully saturated rings. The third-order valence-corrected chi connectivity index (χ3v) is 4.06. The average molecular weight is 306 g/mol. The van der Waals surface area contributed by atoms with Crippen LogP contribution in [0, 0.1) is 13.8 Å². The lowest BCUT2D eigenvalue weighted by Crippen LogP contribution is -2.30. The lowest BCUT2D eigenvalue weighted by atomic mass is 10.0. The largest absolute Gasteiger partial charge is 0.309 e. The van der Waals surface area contributed by atoms with E-state index in [2.05, 4.69) is 74.9 Å². The van der Waals surface area contributed by atoms with E-state index >= 15 is 0 Å². The number of benzene rings is 1. The number of nitrogens with zero attached hydrogens (tertiary/aromatic N) is 3. The van der Waals surface area contributed by atoms with Gasteiger partial charge in [-0.1, -0.05) is 23.8 Å². The van der Waals surface area contributed by atoms with Crippen molar-refractivity contribution in [2.45, 2.75) is 33.2 Å². The molecule has 0 aliphatic carbocycles. The molecule has 1 aromatic carbocycles. The van der Waals surface area contributed by atoms with Gasteiger partial charge in [0, 0.05) is 6.54 Å². The third kappa shape index (κ3) is 7.92. The number of aryl methyl sites for hydroxylation is 2. The molecule has 0 saturated carbocycles. The second-order valence-corrected chi connectivity index (χ2v) is 7.02. The summed E-state index contributed by atoms with van der Waals surface area (Å²) in [6, 6.07) is 6.81. The molecule has 1 rings (SSSR count). The van der Waals surface area contributed by atoms with Crippen molar-refractivity contribution in [2.24, 2.45) is 0 Å². The van der Waals surface area contributed by atoms with E-state index in [1.807, 2.05) is 0 Å². The minimum absolute atomic E-state index is 1.08. The summed E-state index contributed by atoms with van der Waals surface area (Å²) in [5.74, 6) is 0. The summed E-state index contributed by atoms with van der Waals surface area (Å²) in [5.41, 5.74) is 4.26. The predicted octanol–water partition coefficient (Wildman–Crippen LogP) is 3.01. The van der Waals surface area contributed by atoms with Crippen molar-refractivity contribution in [3.8, 4) is 0 Å². The van der Waals surface area contributed by atoms with E-state index in [1.165, 1.54) is 42.6 Å². The fourth-order valence-electron chi connectivity index (χ4n) is 2.70. The second kappa shape index (κ2) is 9.98. The molecule has 126 valence electrons. The maximum Gasteiger partial charge on any atom is 0.0236 e. The van der Waals surface area contributed by atoms with Gasteiger partial charge in [0.25, 0.3) is 0 Å². The van der Waals surface area contributed by atoms with Gasteiger partial charge in [0.2, 0.25) is 0 Å². The topological polar surface area (TPSA) is 9.72 Å². The van der Waals surface area contributed by atoms with Crippen LogP contribution in [0.4, 0.5) is 0 Å². The molecule has 0 amide bonds. The molecule has 3 nitrogen and oxygen atoms in total. The molecule has 1 aromatic rings. The van der Waals surface area contributed by atoms with Crippen LogP contribution >= 0.6 is 0 Å². The van der Waals surface area contributed by atoms with E-state index in [9.17, 15) is 0 Å². The Kier molecular flexibility index (Phi) is 8.69. The third-order valence-electron chi connectivity index (χ3n) is 4.06. The first kappa shape index (κ1) is 19.1. The van der Waals surface area contributed by atoms with Crippen molar-refractivity contribution in [1.82, 2.24) is 14.7 Å². The van der Waals surface area contributed by atoms with Gasteiger partial charge in [-0.25, -0.2) is 0 Å². The van der Waals surface area contributed by atoms with Crippen molar-refractivity contribution < 1.29 is 0 Å². The van der Waals surface area contributed by atoms with E-state index in [4.69, 9.17) is 0 Å². The van der Waals surface area contributed by atoms with Crippen molar-refractivity contribution >= 4 is 0 Å². The van der Waals surface area contributed by atoms with Crippen LogP contribution in [-0.2, 0) is 6.54 Å². The number of hydrogen-bond donors (Lipinski definition) is 0. The Morgan fingerprint density at radius 3 is 1.82 bits per heavy atom. The monoisotopic (exact) mass is 305 g/mol. The van der Waals surface area contributed by atoms with Gasteiger partial charge < -0.3 is 9.80 Å². The molecule has 0 spiro atoms. The Morgan fingerprint density at radius 1 is 0.773 bits per heavy atom. The molecule has 0 atom stereocenters. The Balaban J connectivity index is 2.60. The predicted molar refractivity (Wildman–Crippen MR) is 97.5 cm³/mol. The smallest absolute Gasteiger partial charge is 0.0236 e. The molecular formula is C19H35N3. The highest BCUT2D eigenvalue weighted by Crippen LogP contribution is 2.14. The van der Waals surface area contributed by atoms with Gasteiger partial charge in [0.05, 0.1) is 0 Å². The maximum absolute atomic E-state index is 2.62. The van der Waals surface area contributed by atoms with Crippen LogP contribution in [0.1, 0.15) is 29.5 Å². The van der Waals surface area contributed by atoms with Crippen LogP contribution in [0.5, 0.6) is 0 Å². The van der Waals surface area contributed by atoms with E-state index in [1.54, 1.807) is 0 Å². The molecule has 0 N–H and O–H groups in total. The quantitative estimate of drug-likeness (QED) is 0.658. The van der Waals surface area contributed by atoms with Gasteiger partial charge in [-0.15, -0.1) is 0 Å². The van der Waals surface area contributed by atoms with Crippen LogP contribution in [0.2, 0.25) is 0 Å². The van der Waals surface area contributed by atoms with Crippen LogP contribution in [0.3, 0.4) is 0 Å². The SMILES string of the molecule is Cc1ccc(C)c(CN(CCCN(C)C)CCCN(C)C)c1. The van der Waals surface area contributed by atoms with E-state index in [0.29, 0.717) is 0 Å². The fraction of sp³-hybridized carbons (Fsp3) is 0.684. The van der Waals surface area contributed by atoms with Gasteiger partial charge in [0.1, 0.15) is 0 Å². The average Bonchev–Trinajstić information content (AvgIpc) is 2.41. The fourth-order valence-corrected chi connectivity index (χ4v) is 2.70. The molecule has 22 heavy (non-hydrogen) atoms. The summed E-state index contributed by atoms with van der Waals surface area (Å²) >= 11 is 0. The highest BCUT2D eigenvalue weighted by Gasteiger charge is 2.08. The van der Waals surface area contributed by atoms with Gasteiger partial charge >= 0.3 is 0 Å². The summed E-state index contributed by atoms with van der Waals surface area (Å²) in [6.45, 7) is 10.2. The van der Waals surface area contributed by atoms with Gasteiger partial charge in [-0.05, 0) is 92.2 Å². The molecule has 0 aliphatic heterocycles. The molecule has 0 radical (unpaired) electrons. The summed E-state index contributed by atoms with van der Waals surface area (Å²) in [7, 11) is 8.62. The first-order chi connectivity index (χ1) is 10.4. The molecule has 0 unspecified atom stereocenters. The zero-order valence-corrected chi connectivity index (χ0v) is 15.5. The number of rotatable bonds is 10. The molecule has 0 heterocycles. The standard InChI is InChI=1S/C19H35N3/c1-17-9-10-18(2)19(15-17)16-22(13-7-11-20(3)4)14-8-12-21(5)6/h9-10,15H,7-8,11-14,16H2,1-6H3. The Morgan fingerprint density at radius 2 is 1.32 bits per heavy atom. The second-order valence-electron chi connectivity index (χ2n) is 7.02. The van der Waals surface area contributed by atoms with Crippen LogP contribution in [-0.4, -0.2) is 69.1 Å². The first-order valence-corrected chi connectivity index (χ1v) is 8.46. The van der Waals surface area contributed by atoms with Crippen LogP contribution in [0.15, 0.2) is 18.2 Å². The summed E-state index contributed by atoms with van der Waals surface area (Å²) in [5, 5.41) is 0. The van der Waals surface area contributed by atoms with Crippen molar-refractivity contribution in [3.63, 3.8) is 0 Å². The maximum atomic E-state index is 2.62. The lowest BCUT2D eigenvalue weighted by molar-refractivity contribution is 0.233. The van der Waals surface area contributed by atoms with E-state index in [0.717, 1.165) is 19.6 Å². The minimum atomic E-state index is 1.08. The van der Waals surface area contributed by atoms with Crippen molar-refractivity contribution in [3.05, 3.63) is 34.9 Å². The highest BCUT2D eigenvalue weighted by molar-refractivity contribution is 5.30. The minimum Gasteiger partial charge on any atom is -0.309 e. The van der Waals surface area contributed by atoms with E-state index in [-0.39, 0.29) is 0 Å². The molecule has 0 saturated heterocycles. The molecule has 0 aliphatic rings. The Hall–Kier alpha value is -0.900. The molecular weight excluding hydrogens is 270 g/mol. The van der Waals surface area contributed by atoms with Gasteiger partial charge in [-0.3, -0.25) is 4.90 Å². The normalized spacial score (nSPS) is 11.9. The number of hydrogen-bond acceptors (Lipinski definition) is 3. The van der Waals surface area contributed by atoms with Crippen molar-refractivity contribution in [1.29, 1.82) is 0 Å². The summed E-state index contributed by atoms with van der Waals surface area (Å²) in [4.78, 5) is 7.17. The van der Waals surface area contributed by atoms with Crippen LogP contribution < -0.4 is 0 Å². The zero-order valence-electron chi connectivity index (χ0n) is 15.5. The van der Waals surface area contributed by atoms with Crippen molar-refractivity contribution in [2.75, 3.05) is 54.4 Å². The Bertz CT molecular complexity index is 413.